The topological polar surface area (TPSA) is 9.23 Å². The fraction of sp³-hybridized carbons (Fsp3) is 0.0323. The van der Waals surface area contributed by atoms with Crippen molar-refractivity contribution in [2.45, 2.75) is 5.41 Å². The molecule has 0 saturated heterocycles. The van der Waals surface area contributed by atoms with Crippen molar-refractivity contribution in [2.24, 2.45) is 0 Å². The van der Waals surface area contributed by atoms with E-state index in [0.29, 0.717) is 0 Å². The summed E-state index contributed by atoms with van der Waals surface area (Å²) in [5, 5.41) is 3.17. The first-order valence-corrected chi connectivity index (χ1v) is 13.5. The summed E-state index contributed by atoms with van der Waals surface area (Å²) < 4.78 is 10.1. The Hall–Kier alpha value is -3.11. The monoisotopic (exact) mass is 550 g/mol. The molecule has 0 amide bonds. The molecule has 166 valence electrons. The predicted molar refractivity (Wildman–Crippen MR) is 149 cm³/mol. The lowest BCUT2D eigenvalue weighted by molar-refractivity contribution is 0.437. The highest BCUT2D eigenvalue weighted by atomic mass is 79.9. The Bertz CT molecular complexity index is 1820. The lowest BCUT2D eigenvalue weighted by Gasteiger charge is -2.39. The lowest BCUT2D eigenvalue weighted by Crippen LogP contribution is -2.32. The van der Waals surface area contributed by atoms with Crippen molar-refractivity contribution in [3.8, 4) is 22.6 Å². The van der Waals surface area contributed by atoms with E-state index in [1.54, 1.807) is 11.3 Å². The molecule has 0 radical (unpaired) electrons. The Morgan fingerprint density at radius 2 is 1.31 bits per heavy atom. The third kappa shape index (κ3) is 2.53. The fourth-order valence-electron chi connectivity index (χ4n) is 6.12. The number of hydrogen-bond acceptors (Lipinski definition) is 2. The zero-order valence-electron chi connectivity index (χ0n) is 18.3. The molecule has 4 heteroatoms. The van der Waals surface area contributed by atoms with Gasteiger partial charge in [0.2, 0.25) is 0 Å². The van der Waals surface area contributed by atoms with Gasteiger partial charge in [-0.05, 0) is 58.7 Å². The van der Waals surface area contributed by atoms with Crippen LogP contribution >= 0.6 is 38.9 Å². The number of halogens is 2. The van der Waals surface area contributed by atoms with Gasteiger partial charge in [0.15, 0.2) is 0 Å². The molecule has 5 aromatic carbocycles. The van der Waals surface area contributed by atoms with Crippen molar-refractivity contribution < 1.29 is 4.74 Å². The van der Waals surface area contributed by atoms with Gasteiger partial charge in [-0.25, -0.2) is 0 Å². The molecule has 35 heavy (non-hydrogen) atoms. The van der Waals surface area contributed by atoms with E-state index in [-0.39, 0.29) is 0 Å². The van der Waals surface area contributed by atoms with Crippen molar-refractivity contribution in [2.75, 3.05) is 0 Å². The molecular weight excluding hydrogens is 536 g/mol. The van der Waals surface area contributed by atoms with Crippen LogP contribution in [-0.4, -0.2) is 0 Å². The third-order valence-electron chi connectivity index (χ3n) is 7.46. The van der Waals surface area contributed by atoms with Crippen LogP contribution in [0.25, 0.3) is 31.3 Å². The number of ether oxygens (including phenoxy) is 1. The molecule has 1 aliphatic heterocycles. The molecule has 1 nitrogen and oxygen atoms in total. The van der Waals surface area contributed by atoms with Gasteiger partial charge in [-0.1, -0.05) is 88.2 Å². The van der Waals surface area contributed by atoms with Crippen LogP contribution in [0.15, 0.2) is 102 Å². The van der Waals surface area contributed by atoms with Gasteiger partial charge in [0.25, 0.3) is 0 Å². The van der Waals surface area contributed by atoms with Crippen molar-refractivity contribution in [1.82, 2.24) is 0 Å². The Morgan fingerprint density at radius 3 is 2.09 bits per heavy atom. The van der Waals surface area contributed by atoms with Crippen LogP contribution in [0.2, 0.25) is 5.02 Å². The molecule has 2 heterocycles. The van der Waals surface area contributed by atoms with E-state index in [9.17, 15) is 0 Å². The molecule has 1 aromatic heterocycles. The van der Waals surface area contributed by atoms with Crippen LogP contribution in [0.5, 0.6) is 11.5 Å². The summed E-state index contributed by atoms with van der Waals surface area (Å²) in [6, 6.07) is 34.8. The van der Waals surface area contributed by atoms with Gasteiger partial charge in [-0.3, -0.25) is 0 Å². The van der Waals surface area contributed by atoms with Crippen molar-refractivity contribution in [3.05, 3.63) is 129 Å². The SMILES string of the molecule is Clc1ccc2c(c1)sc1cc3c(cc12)Oc1cc(Br)ccc1C31c2ccccc2-c2ccccc21. The number of fused-ring (bicyclic) bond motifs is 12. The van der Waals surface area contributed by atoms with E-state index in [4.69, 9.17) is 16.3 Å². The lowest BCUT2D eigenvalue weighted by atomic mass is 9.66. The zero-order chi connectivity index (χ0) is 23.3. The second kappa shape index (κ2) is 6.98. The van der Waals surface area contributed by atoms with Gasteiger partial charge in [-0.2, -0.15) is 0 Å². The number of hydrogen-bond donors (Lipinski definition) is 0. The van der Waals surface area contributed by atoms with Crippen LogP contribution in [0, 0.1) is 0 Å². The van der Waals surface area contributed by atoms with Gasteiger partial charge < -0.3 is 4.74 Å². The standard InChI is InChI=1S/C31H16BrClOS/c32-17-9-12-25-27(13-17)34-28-15-22-21-11-10-18(33)14-29(21)35-30(22)16-26(28)31(25)23-7-3-1-5-19(23)20-6-2-4-8-24(20)31/h1-16H. The highest BCUT2D eigenvalue weighted by Gasteiger charge is 2.51. The molecule has 8 rings (SSSR count). The smallest absolute Gasteiger partial charge is 0.133 e. The highest BCUT2D eigenvalue weighted by Crippen LogP contribution is 2.63. The van der Waals surface area contributed by atoms with Crippen LogP contribution in [0.3, 0.4) is 0 Å². The number of thiophene rings is 1. The summed E-state index contributed by atoms with van der Waals surface area (Å²) in [6.07, 6.45) is 0. The molecular formula is C31H16BrClOS. The minimum Gasteiger partial charge on any atom is -0.457 e. The third-order valence-corrected chi connectivity index (χ3v) is 9.30. The molecule has 0 saturated carbocycles. The van der Waals surface area contributed by atoms with Gasteiger partial charge >= 0.3 is 0 Å². The van der Waals surface area contributed by atoms with Gasteiger partial charge in [-0.15, -0.1) is 11.3 Å². The second-order valence-electron chi connectivity index (χ2n) is 9.17. The fourth-order valence-corrected chi connectivity index (χ4v) is 7.87. The molecule has 1 spiro atoms. The number of benzene rings is 5. The molecule has 0 atom stereocenters. The number of rotatable bonds is 0. The highest BCUT2D eigenvalue weighted by molar-refractivity contribution is 9.10. The summed E-state index contributed by atoms with van der Waals surface area (Å²) in [7, 11) is 0. The van der Waals surface area contributed by atoms with Crippen molar-refractivity contribution >= 4 is 59.0 Å². The summed E-state index contributed by atoms with van der Waals surface area (Å²) in [5.74, 6) is 1.80. The Kier molecular flexibility index (Phi) is 4.01. The van der Waals surface area contributed by atoms with E-state index in [1.807, 2.05) is 6.07 Å². The van der Waals surface area contributed by atoms with Crippen LogP contribution < -0.4 is 4.74 Å². The molecule has 0 fully saturated rings. The van der Waals surface area contributed by atoms with E-state index in [1.165, 1.54) is 53.6 Å². The van der Waals surface area contributed by atoms with E-state index < -0.39 is 5.41 Å². The summed E-state index contributed by atoms with van der Waals surface area (Å²) in [4.78, 5) is 0. The normalized spacial score (nSPS) is 14.5. The Labute approximate surface area is 219 Å². The average molecular weight is 552 g/mol. The Morgan fingerprint density at radius 1 is 0.629 bits per heavy atom. The predicted octanol–water partition coefficient (Wildman–Crippen LogP) is 9.94. The first-order valence-electron chi connectivity index (χ1n) is 11.5. The molecule has 0 bridgehead atoms. The van der Waals surface area contributed by atoms with Gasteiger partial charge in [0.1, 0.15) is 11.5 Å². The molecule has 2 aliphatic rings. The maximum Gasteiger partial charge on any atom is 0.133 e. The summed E-state index contributed by atoms with van der Waals surface area (Å²) >= 11 is 11.8. The average Bonchev–Trinajstić information content (AvgIpc) is 3.36. The molecule has 0 N–H and O–H groups in total. The molecule has 0 unspecified atom stereocenters. The van der Waals surface area contributed by atoms with E-state index >= 15 is 0 Å². The largest absolute Gasteiger partial charge is 0.457 e. The van der Waals surface area contributed by atoms with E-state index in [2.05, 4.69) is 107 Å². The molecule has 1 aliphatic carbocycles. The summed E-state index contributed by atoms with van der Waals surface area (Å²) in [6.45, 7) is 0. The maximum absolute atomic E-state index is 6.67. The molecule has 6 aromatic rings. The first kappa shape index (κ1) is 20.1. The summed E-state index contributed by atoms with van der Waals surface area (Å²) in [5.41, 5.74) is 7.10. The zero-order valence-corrected chi connectivity index (χ0v) is 21.5. The van der Waals surface area contributed by atoms with Crippen molar-refractivity contribution in [1.29, 1.82) is 0 Å². The maximum atomic E-state index is 6.67. The first-order chi connectivity index (χ1) is 17.1. The van der Waals surface area contributed by atoms with Crippen molar-refractivity contribution in [3.63, 3.8) is 0 Å². The van der Waals surface area contributed by atoms with Crippen LogP contribution in [0.1, 0.15) is 22.3 Å². The minimum absolute atomic E-state index is 0.446. The van der Waals surface area contributed by atoms with E-state index in [0.717, 1.165) is 21.0 Å². The minimum atomic E-state index is -0.446. The van der Waals surface area contributed by atoms with Gasteiger partial charge in [0.05, 0.1) is 5.41 Å². The van der Waals surface area contributed by atoms with Crippen LogP contribution in [-0.2, 0) is 5.41 Å². The van der Waals surface area contributed by atoms with Gasteiger partial charge in [0, 0.05) is 40.8 Å². The van der Waals surface area contributed by atoms with Crippen LogP contribution in [0.4, 0.5) is 0 Å². The Balaban J connectivity index is 1.57. The quantitative estimate of drug-likeness (QED) is 0.182. The second-order valence-corrected chi connectivity index (χ2v) is 11.6.